The van der Waals surface area contributed by atoms with Crippen molar-refractivity contribution in [2.75, 3.05) is 64.9 Å². The van der Waals surface area contributed by atoms with Crippen LogP contribution < -0.4 is 10.2 Å². The number of rotatable bonds is 5. The van der Waals surface area contributed by atoms with E-state index in [-0.39, 0.29) is 42.5 Å². The molecule has 2 fully saturated rings. The fourth-order valence-electron chi connectivity index (χ4n) is 3.31. The first-order valence-electron chi connectivity index (χ1n) is 9.77. The van der Waals surface area contributed by atoms with Crippen molar-refractivity contribution < 1.29 is 9.53 Å². The third-order valence-electron chi connectivity index (χ3n) is 5.02. The predicted molar refractivity (Wildman–Crippen MR) is 126 cm³/mol. The lowest BCUT2D eigenvalue weighted by atomic mass is 10.1. The summed E-state index contributed by atoms with van der Waals surface area (Å²) in [4.78, 5) is 22.8. The van der Waals surface area contributed by atoms with Gasteiger partial charge in [0.2, 0.25) is 5.91 Å². The molecule has 3 rings (SSSR count). The van der Waals surface area contributed by atoms with Gasteiger partial charge in [0.05, 0.1) is 11.1 Å². The Labute approximate surface area is 189 Å². The zero-order valence-corrected chi connectivity index (χ0v) is 19.9. The molecule has 2 aliphatic heterocycles. The van der Waals surface area contributed by atoms with Crippen molar-refractivity contribution in [1.29, 1.82) is 0 Å². The van der Waals surface area contributed by atoms with Crippen molar-refractivity contribution in [3.8, 4) is 0 Å². The summed E-state index contributed by atoms with van der Waals surface area (Å²) in [5.41, 5.74) is 0. The summed E-state index contributed by atoms with van der Waals surface area (Å²) in [5, 5.41) is 6.90. The third-order valence-corrected chi connectivity index (χ3v) is 5.95. The zero-order valence-electron chi connectivity index (χ0n) is 16.8. The molecule has 1 aromatic heterocycles. The first kappa shape index (κ1) is 23.2. The van der Waals surface area contributed by atoms with Crippen LogP contribution in [0.2, 0.25) is 0 Å². The molecule has 1 aromatic rings. The lowest BCUT2D eigenvalue weighted by molar-refractivity contribution is -0.127. The van der Waals surface area contributed by atoms with Gasteiger partial charge in [-0.25, -0.2) is 4.99 Å². The van der Waals surface area contributed by atoms with E-state index < -0.39 is 0 Å². The highest BCUT2D eigenvalue weighted by Gasteiger charge is 2.22. The van der Waals surface area contributed by atoms with Gasteiger partial charge in [0, 0.05) is 53.4 Å². The van der Waals surface area contributed by atoms with Gasteiger partial charge >= 0.3 is 0 Å². The lowest BCUT2D eigenvalue weighted by Gasteiger charge is -2.37. The predicted octanol–water partition coefficient (Wildman–Crippen LogP) is 2.09. The molecule has 0 spiro atoms. The summed E-state index contributed by atoms with van der Waals surface area (Å²) in [6, 6.07) is 4.27. The average Bonchev–Trinajstić information content (AvgIpc) is 3.23. The number of amides is 1. The van der Waals surface area contributed by atoms with E-state index in [0.29, 0.717) is 0 Å². The number of nitrogens with one attached hydrogen (secondary N) is 1. The maximum absolute atomic E-state index is 12.0. The summed E-state index contributed by atoms with van der Waals surface area (Å²) in [5.74, 6) is 0.839. The molecule has 0 aromatic carbocycles. The monoisotopic (exact) mass is 521 g/mol. The molecular weight excluding hydrogens is 489 g/mol. The number of piperazine rings is 1. The van der Waals surface area contributed by atoms with Gasteiger partial charge in [-0.15, -0.1) is 35.3 Å². The van der Waals surface area contributed by atoms with Crippen molar-refractivity contribution in [3.05, 3.63) is 17.5 Å². The van der Waals surface area contributed by atoms with Crippen LogP contribution in [0.25, 0.3) is 0 Å². The van der Waals surface area contributed by atoms with Gasteiger partial charge in [0.25, 0.3) is 0 Å². The number of carbonyl (C=O) groups is 1. The summed E-state index contributed by atoms with van der Waals surface area (Å²) < 4.78 is 5.83. The first-order valence-corrected chi connectivity index (χ1v) is 10.6. The molecule has 7 nitrogen and oxygen atoms in total. The van der Waals surface area contributed by atoms with E-state index in [1.165, 1.54) is 11.4 Å². The Morgan fingerprint density at radius 2 is 2.11 bits per heavy atom. The number of hydrogen-bond acceptors (Lipinski definition) is 5. The van der Waals surface area contributed by atoms with Crippen LogP contribution in [0.4, 0.5) is 5.00 Å². The van der Waals surface area contributed by atoms with Crippen LogP contribution >= 0.6 is 35.3 Å². The van der Waals surface area contributed by atoms with Gasteiger partial charge in [0.15, 0.2) is 5.96 Å². The van der Waals surface area contributed by atoms with Crippen molar-refractivity contribution in [2.24, 2.45) is 4.99 Å². The van der Waals surface area contributed by atoms with Crippen molar-refractivity contribution in [3.63, 3.8) is 0 Å². The molecule has 1 amide bonds. The maximum Gasteiger partial charge on any atom is 0.243 e. The van der Waals surface area contributed by atoms with Crippen LogP contribution in [0.5, 0.6) is 0 Å². The molecule has 2 aliphatic rings. The highest BCUT2D eigenvalue weighted by molar-refractivity contribution is 14.0. The van der Waals surface area contributed by atoms with Crippen LogP contribution in [-0.4, -0.2) is 87.7 Å². The standard InChI is InChI=1S/C19H31N5O2S.HI/c1-22(2)17(25)15-21-19(20-14-16-6-3-4-12-26-16)24-10-8-23(9-11-24)18-7-5-13-27-18;/h5,7,13,16H,3-4,6,8-12,14-15H2,1-2H3,(H,20,21);1H. The number of carbonyl (C=O) groups excluding carboxylic acids is 1. The highest BCUT2D eigenvalue weighted by atomic mass is 127. The summed E-state index contributed by atoms with van der Waals surface area (Å²) in [6.45, 7) is 5.48. The maximum atomic E-state index is 12.0. The lowest BCUT2D eigenvalue weighted by Crippen LogP contribution is -2.53. The molecule has 0 bridgehead atoms. The third kappa shape index (κ3) is 6.77. The molecule has 9 heteroatoms. The smallest absolute Gasteiger partial charge is 0.243 e. The summed E-state index contributed by atoms with van der Waals surface area (Å²) in [6.07, 6.45) is 3.70. The minimum Gasteiger partial charge on any atom is -0.376 e. The molecule has 3 heterocycles. The molecule has 0 radical (unpaired) electrons. The van der Waals surface area contributed by atoms with E-state index in [4.69, 9.17) is 4.74 Å². The molecule has 0 aliphatic carbocycles. The second-order valence-electron chi connectivity index (χ2n) is 7.22. The van der Waals surface area contributed by atoms with Crippen LogP contribution in [-0.2, 0) is 9.53 Å². The zero-order chi connectivity index (χ0) is 19.1. The molecule has 28 heavy (non-hydrogen) atoms. The molecule has 2 saturated heterocycles. The van der Waals surface area contributed by atoms with Crippen molar-refractivity contribution in [2.45, 2.75) is 25.4 Å². The van der Waals surface area contributed by atoms with Gasteiger partial charge < -0.3 is 24.8 Å². The van der Waals surface area contributed by atoms with Gasteiger partial charge in [-0.05, 0) is 36.8 Å². The Morgan fingerprint density at radius 1 is 1.32 bits per heavy atom. The molecular formula is C19H32IN5O2S. The number of thiophene rings is 1. The van der Waals surface area contributed by atoms with Gasteiger partial charge in [-0.2, -0.15) is 0 Å². The van der Waals surface area contributed by atoms with E-state index in [1.54, 1.807) is 30.3 Å². The van der Waals surface area contributed by atoms with Crippen LogP contribution in [0.3, 0.4) is 0 Å². The first-order chi connectivity index (χ1) is 13.1. The molecule has 1 N–H and O–H groups in total. The molecule has 158 valence electrons. The average molecular weight is 521 g/mol. The fraction of sp³-hybridized carbons (Fsp3) is 0.684. The Kier molecular flexibility index (Phi) is 9.80. The number of ether oxygens (including phenoxy) is 1. The van der Waals surface area contributed by atoms with E-state index in [2.05, 4.69) is 37.6 Å². The second kappa shape index (κ2) is 11.8. The van der Waals surface area contributed by atoms with Crippen molar-refractivity contribution in [1.82, 2.24) is 15.1 Å². The number of guanidine groups is 1. The minimum absolute atomic E-state index is 0. The quantitative estimate of drug-likeness (QED) is 0.366. The number of halogens is 1. The van der Waals surface area contributed by atoms with E-state index in [1.807, 2.05) is 0 Å². The fourth-order valence-corrected chi connectivity index (χ4v) is 4.10. The number of nitrogens with zero attached hydrogens (tertiary/aromatic N) is 4. The Hall–Kier alpha value is -1.07. The minimum atomic E-state index is 0. The number of anilines is 1. The Morgan fingerprint density at radius 3 is 2.71 bits per heavy atom. The van der Waals surface area contributed by atoms with Gasteiger partial charge in [-0.3, -0.25) is 4.79 Å². The van der Waals surface area contributed by atoms with E-state index in [0.717, 1.165) is 58.1 Å². The number of hydrogen-bond donors (Lipinski definition) is 1. The van der Waals surface area contributed by atoms with E-state index >= 15 is 0 Å². The van der Waals surface area contributed by atoms with Crippen molar-refractivity contribution >= 4 is 52.2 Å². The largest absolute Gasteiger partial charge is 0.376 e. The normalized spacial score (nSPS) is 20.5. The number of likely N-dealkylation sites (N-methyl/N-ethyl adjacent to an activating group) is 1. The SMILES string of the molecule is CN(C)C(=O)CN=C(NCC1CCCCO1)N1CCN(c2cccs2)CC1.I. The summed E-state index contributed by atoms with van der Waals surface area (Å²) >= 11 is 1.78. The van der Waals surface area contributed by atoms with Crippen LogP contribution in [0, 0.1) is 0 Å². The molecule has 1 unspecified atom stereocenters. The Balaban J connectivity index is 0.00000280. The highest BCUT2D eigenvalue weighted by Crippen LogP contribution is 2.22. The number of aliphatic imine (C=N–C) groups is 1. The van der Waals surface area contributed by atoms with E-state index in [9.17, 15) is 4.79 Å². The molecule has 1 atom stereocenters. The molecule has 0 saturated carbocycles. The summed E-state index contributed by atoms with van der Waals surface area (Å²) in [7, 11) is 3.53. The Bertz CT molecular complexity index is 612. The van der Waals surface area contributed by atoms with Gasteiger partial charge in [-0.1, -0.05) is 0 Å². The van der Waals surface area contributed by atoms with Gasteiger partial charge in [0.1, 0.15) is 6.54 Å². The second-order valence-corrected chi connectivity index (χ2v) is 8.15. The topological polar surface area (TPSA) is 60.4 Å². The van der Waals surface area contributed by atoms with Crippen LogP contribution in [0.15, 0.2) is 22.5 Å². The van der Waals surface area contributed by atoms with Crippen LogP contribution in [0.1, 0.15) is 19.3 Å².